The van der Waals surface area contributed by atoms with Crippen molar-refractivity contribution in [2.24, 2.45) is 0 Å². The van der Waals surface area contributed by atoms with Gasteiger partial charge in [0.15, 0.2) is 5.75 Å². The maximum atomic E-state index is 7.09. The smallest absolute Gasteiger partial charge is 0.159 e. The first-order valence-corrected chi connectivity index (χ1v) is 18.4. The van der Waals surface area contributed by atoms with E-state index in [1.807, 2.05) is 0 Å². The maximum absolute atomic E-state index is 7.09. The molecule has 0 atom stereocenters. The van der Waals surface area contributed by atoms with Gasteiger partial charge in [0.05, 0.1) is 5.69 Å². The van der Waals surface area contributed by atoms with E-state index in [1.54, 1.807) is 0 Å². The Bertz CT molecular complexity index is 2770. The monoisotopic (exact) mass is 689 g/mol. The highest BCUT2D eigenvalue weighted by atomic mass is 16.5. The Morgan fingerprint density at radius 3 is 1.56 bits per heavy atom. The van der Waals surface area contributed by atoms with Crippen molar-refractivity contribution in [1.29, 1.82) is 0 Å². The molecule has 0 aliphatic carbocycles. The molecule has 0 saturated carbocycles. The number of para-hydroxylation sites is 2. The minimum atomic E-state index is 0.820. The molecule has 2 heteroatoms. The van der Waals surface area contributed by atoms with Crippen LogP contribution >= 0.6 is 0 Å². The average molecular weight is 690 g/mol. The molecule has 0 unspecified atom stereocenters. The van der Waals surface area contributed by atoms with Crippen molar-refractivity contribution in [3.8, 4) is 67.1 Å². The van der Waals surface area contributed by atoms with Crippen LogP contribution in [0, 0.1) is 0 Å². The van der Waals surface area contributed by atoms with Gasteiger partial charge in [0.2, 0.25) is 0 Å². The Morgan fingerprint density at radius 2 is 0.833 bits per heavy atom. The first-order chi connectivity index (χ1) is 26.8. The third-order valence-electron chi connectivity index (χ3n) is 10.5. The predicted molar refractivity (Wildman–Crippen MR) is 226 cm³/mol. The molecule has 0 amide bonds. The van der Waals surface area contributed by atoms with Gasteiger partial charge in [0, 0.05) is 22.5 Å². The fourth-order valence-corrected chi connectivity index (χ4v) is 7.75. The van der Waals surface area contributed by atoms with Crippen LogP contribution in [0.3, 0.4) is 0 Å². The Balaban J connectivity index is 1.15. The topological polar surface area (TPSA) is 12.5 Å². The first kappa shape index (κ1) is 31.6. The summed E-state index contributed by atoms with van der Waals surface area (Å²) in [5, 5.41) is 2.39. The Morgan fingerprint density at radius 1 is 0.296 bits per heavy atom. The van der Waals surface area contributed by atoms with Crippen LogP contribution < -0.4 is 9.64 Å². The minimum Gasteiger partial charge on any atom is -0.454 e. The lowest BCUT2D eigenvalue weighted by atomic mass is 9.90. The molecule has 1 aliphatic heterocycles. The van der Waals surface area contributed by atoms with Crippen molar-refractivity contribution in [2.75, 3.05) is 4.90 Å². The van der Waals surface area contributed by atoms with Gasteiger partial charge in [0.1, 0.15) is 5.75 Å². The quantitative estimate of drug-likeness (QED) is 0.172. The number of benzene rings is 9. The Labute approximate surface area is 315 Å². The van der Waals surface area contributed by atoms with Crippen LogP contribution in [-0.4, -0.2) is 0 Å². The van der Waals surface area contributed by atoms with Crippen molar-refractivity contribution < 1.29 is 4.74 Å². The van der Waals surface area contributed by atoms with E-state index in [4.69, 9.17) is 4.74 Å². The van der Waals surface area contributed by atoms with Gasteiger partial charge >= 0.3 is 0 Å². The Kier molecular flexibility index (Phi) is 7.85. The fourth-order valence-electron chi connectivity index (χ4n) is 7.75. The second kappa shape index (κ2) is 13.4. The first-order valence-electron chi connectivity index (χ1n) is 18.4. The summed E-state index contributed by atoms with van der Waals surface area (Å²) in [7, 11) is 0. The number of rotatable bonds is 6. The van der Waals surface area contributed by atoms with Gasteiger partial charge in [-0.1, -0.05) is 170 Å². The van der Waals surface area contributed by atoms with Crippen molar-refractivity contribution in [1.82, 2.24) is 0 Å². The van der Waals surface area contributed by atoms with Crippen molar-refractivity contribution in [3.63, 3.8) is 0 Å². The largest absolute Gasteiger partial charge is 0.454 e. The number of fused-ring (bicyclic) bond motifs is 6. The molecule has 9 aromatic rings. The number of ether oxygens (including phenoxy) is 1. The molecule has 0 aromatic heterocycles. The van der Waals surface area contributed by atoms with Crippen molar-refractivity contribution in [2.45, 2.75) is 0 Å². The van der Waals surface area contributed by atoms with Crippen LogP contribution in [0.25, 0.3) is 66.4 Å². The van der Waals surface area contributed by atoms with Crippen LogP contribution in [0.4, 0.5) is 17.1 Å². The third kappa shape index (κ3) is 5.71. The van der Waals surface area contributed by atoms with E-state index in [0.717, 1.165) is 56.4 Å². The highest BCUT2D eigenvalue weighted by Crippen LogP contribution is 2.53. The number of anilines is 3. The van der Waals surface area contributed by atoms with Gasteiger partial charge in [-0.25, -0.2) is 0 Å². The number of hydrogen-bond acceptors (Lipinski definition) is 2. The molecule has 0 bridgehead atoms. The highest BCUT2D eigenvalue weighted by molar-refractivity contribution is 5.98. The summed E-state index contributed by atoms with van der Waals surface area (Å²) in [5.41, 5.74) is 14.6. The van der Waals surface area contributed by atoms with E-state index in [1.165, 1.54) is 38.6 Å². The van der Waals surface area contributed by atoms with Crippen molar-refractivity contribution in [3.05, 3.63) is 212 Å². The highest BCUT2D eigenvalue weighted by Gasteiger charge is 2.27. The zero-order chi connectivity index (χ0) is 35.8. The standard InChI is InChI=1S/C52H35NO/c1-3-12-36(13-4-1)39-22-24-41(25-23-39)43-29-33-46-47-18-9-10-21-51(47)54-52-48(49(46)35-43)19-11-20-50(52)53(45-32-28-38-16-7-8-17-42(38)34-45)44-30-26-40(27-31-44)37-14-5-2-6-15-37/h1-35H. The van der Waals surface area contributed by atoms with Crippen LogP contribution in [0.15, 0.2) is 212 Å². The molecule has 2 nitrogen and oxygen atoms in total. The molecule has 0 spiro atoms. The molecule has 0 saturated heterocycles. The molecular formula is C52H35NO. The second-order valence-corrected chi connectivity index (χ2v) is 13.7. The van der Waals surface area contributed by atoms with Crippen LogP contribution in [0.5, 0.6) is 11.5 Å². The molecule has 0 fully saturated rings. The van der Waals surface area contributed by atoms with E-state index < -0.39 is 0 Å². The summed E-state index contributed by atoms with van der Waals surface area (Å²) in [5.74, 6) is 1.66. The summed E-state index contributed by atoms with van der Waals surface area (Å²) in [6, 6.07) is 75.8. The van der Waals surface area contributed by atoms with Crippen molar-refractivity contribution >= 4 is 27.8 Å². The summed E-state index contributed by atoms with van der Waals surface area (Å²) in [6.45, 7) is 0. The zero-order valence-electron chi connectivity index (χ0n) is 29.6. The predicted octanol–water partition coefficient (Wildman–Crippen LogP) is 14.8. The second-order valence-electron chi connectivity index (χ2n) is 13.7. The summed E-state index contributed by atoms with van der Waals surface area (Å²) < 4.78 is 7.09. The van der Waals surface area contributed by atoms with E-state index in [-0.39, 0.29) is 0 Å². The molecule has 9 aromatic carbocycles. The van der Waals surface area contributed by atoms with Gasteiger partial charge in [-0.3, -0.25) is 0 Å². The van der Waals surface area contributed by atoms with Gasteiger partial charge in [0.25, 0.3) is 0 Å². The van der Waals surface area contributed by atoms with E-state index >= 15 is 0 Å². The SMILES string of the molecule is c1ccc(-c2ccc(-c3ccc4c(c3)-c3cccc(N(c5ccc(-c6ccccc6)cc5)c5ccc6ccccc6c5)c3Oc3ccccc3-4)cc2)cc1. The molecule has 1 aliphatic rings. The van der Waals surface area contributed by atoms with Crippen LogP contribution in [0.1, 0.15) is 0 Å². The molecular weight excluding hydrogens is 655 g/mol. The number of nitrogens with zero attached hydrogens (tertiary/aromatic N) is 1. The summed E-state index contributed by atoms with van der Waals surface area (Å²) in [6.07, 6.45) is 0. The van der Waals surface area contributed by atoms with Gasteiger partial charge in [-0.05, 0) is 97.7 Å². The Hall–Kier alpha value is -7.16. The third-order valence-corrected chi connectivity index (χ3v) is 10.5. The van der Waals surface area contributed by atoms with Crippen LogP contribution in [0.2, 0.25) is 0 Å². The van der Waals surface area contributed by atoms with Gasteiger partial charge in [-0.2, -0.15) is 0 Å². The van der Waals surface area contributed by atoms with E-state index in [9.17, 15) is 0 Å². The molecule has 0 N–H and O–H groups in total. The van der Waals surface area contributed by atoms with Gasteiger partial charge in [-0.15, -0.1) is 0 Å². The average Bonchev–Trinajstić information content (AvgIpc) is 3.39. The summed E-state index contributed by atoms with van der Waals surface area (Å²) >= 11 is 0. The van der Waals surface area contributed by atoms with Crippen LogP contribution in [-0.2, 0) is 0 Å². The zero-order valence-corrected chi connectivity index (χ0v) is 29.6. The molecule has 1 heterocycles. The molecule has 0 radical (unpaired) electrons. The normalized spacial score (nSPS) is 11.5. The molecule has 10 rings (SSSR count). The lowest BCUT2D eigenvalue weighted by molar-refractivity contribution is 0.489. The lowest BCUT2D eigenvalue weighted by Gasteiger charge is -2.28. The van der Waals surface area contributed by atoms with E-state index in [2.05, 4.69) is 217 Å². The molecule has 254 valence electrons. The molecule has 54 heavy (non-hydrogen) atoms. The number of hydrogen-bond donors (Lipinski definition) is 0. The fraction of sp³-hybridized carbons (Fsp3) is 0. The summed E-state index contributed by atoms with van der Waals surface area (Å²) in [4.78, 5) is 2.33. The minimum absolute atomic E-state index is 0.820. The van der Waals surface area contributed by atoms with E-state index in [0.29, 0.717) is 0 Å². The van der Waals surface area contributed by atoms with Gasteiger partial charge < -0.3 is 9.64 Å². The maximum Gasteiger partial charge on any atom is 0.159 e. The lowest BCUT2D eigenvalue weighted by Crippen LogP contribution is -2.11.